The van der Waals surface area contributed by atoms with Gasteiger partial charge in [-0.3, -0.25) is 4.79 Å². The van der Waals surface area contributed by atoms with Gasteiger partial charge in [-0.05, 0) is 51.0 Å². The molecule has 3 rings (SSSR count). The summed E-state index contributed by atoms with van der Waals surface area (Å²) in [6.07, 6.45) is 3.77. The lowest BCUT2D eigenvalue weighted by Gasteiger charge is -2.36. The van der Waals surface area contributed by atoms with Crippen molar-refractivity contribution in [2.45, 2.75) is 52.6 Å². The molecule has 0 atom stereocenters. The van der Waals surface area contributed by atoms with Gasteiger partial charge < -0.3 is 24.8 Å². The molecule has 0 radical (unpaired) electrons. The number of nitrogens with zero attached hydrogens (tertiary/aromatic N) is 3. The number of aromatic nitrogens is 1. The Bertz CT molecular complexity index is 848. The molecule has 3 heterocycles. The van der Waals surface area contributed by atoms with Gasteiger partial charge in [-0.1, -0.05) is 13.8 Å². The highest BCUT2D eigenvalue weighted by Gasteiger charge is 2.23. The lowest BCUT2D eigenvalue weighted by Crippen LogP contribution is -2.53. The van der Waals surface area contributed by atoms with Gasteiger partial charge in [0.2, 0.25) is 0 Å². The first-order valence-corrected chi connectivity index (χ1v) is 10.6. The fourth-order valence-corrected chi connectivity index (χ4v) is 3.72. The Hall–Kier alpha value is -2.70. The first kappa shape index (κ1) is 21.0. The van der Waals surface area contributed by atoms with E-state index in [1.165, 1.54) is 0 Å². The molecule has 0 unspecified atom stereocenters. The van der Waals surface area contributed by atoms with Crippen molar-refractivity contribution >= 4 is 23.3 Å². The molecule has 2 aromatic rings. The number of urea groups is 1. The van der Waals surface area contributed by atoms with E-state index in [0.29, 0.717) is 18.7 Å². The maximum absolute atomic E-state index is 12.6. The number of fused-ring (bicyclic) bond motifs is 1. The predicted molar refractivity (Wildman–Crippen MR) is 117 cm³/mol. The number of amides is 3. The van der Waals surface area contributed by atoms with E-state index in [-0.39, 0.29) is 24.0 Å². The Morgan fingerprint density at radius 3 is 2.24 bits per heavy atom. The van der Waals surface area contributed by atoms with Gasteiger partial charge in [-0.25, -0.2) is 4.79 Å². The van der Waals surface area contributed by atoms with E-state index < -0.39 is 0 Å². The molecular weight excluding hydrogens is 366 g/mol. The molecule has 1 aliphatic rings. The number of hydrogen-bond acceptors (Lipinski definition) is 3. The SMILES string of the molecule is CCC(CC)NC(=O)c1ccc2ccc(N3CCN(C(=O)NC(C)C)CC3)n2c1. The second-order valence-electron chi connectivity index (χ2n) is 7.97. The van der Waals surface area contributed by atoms with Crippen LogP contribution in [0.15, 0.2) is 30.5 Å². The summed E-state index contributed by atoms with van der Waals surface area (Å²) in [5.41, 5.74) is 1.72. The van der Waals surface area contributed by atoms with E-state index in [2.05, 4.69) is 45.9 Å². The molecule has 7 nitrogen and oxygen atoms in total. The fourth-order valence-electron chi connectivity index (χ4n) is 3.72. The summed E-state index contributed by atoms with van der Waals surface area (Å²) in [5.74, 6) is 1.02. The predicted octanol–water partition coefficient (Wildman–Crippen LogP) is 3.10. The van der Waals surface area contributed by atoms with Crippen LogP contribution in [0.25, 0.3) is 5.52 Å². The van der Waals surface area contributed by atoms with Crippen molar-refractivity contribution in [1.82, 2.24) is 19.9 Å². The number of carbonyl (C=O) groups is 2. The summed E-state index contributed by atoms with van der Waals surface area (Å²) in [5, 5.41) is 6.06. The van der Waals surface area contributed by atoms with Gasteiger partial charge in [0.1, 0.15) is 5.82 Å². The highest BCUT2D eigenvalue weighted by atomic mass is 16.2. The zero-order valence-electron chi connectivity index (χ0n) is 17.9. The molecule has 158 valence electrons. The van der Waals surface area contributed by atoms with Crippen molar-refractivity contribution in [2.75, 3.05) is 31.1 Å². The molecule has 1 aliphatic heterocycles. The third-order valence-electron chi connectivity index (χ3n) is 5.52. The van der Waals surface area contributed by atoms with Crippen molar-refractivity contribution in [3.05, 3.63) is 36.0 Å². The fraction of sp³-hybridized carbons (Fsp3) is 0.545. The van der Waals surface area contributed by atoms with Gasteiger partial charge in [0.25, 0.3) is 5.91 Å². The third-order valence-corrected chi connectivity index (χ3v) is 5.52. The number of pyridine rings is 1. The van der Waals surface area contributed by atoms with Crippen LogP contribution in [0.2, 0.25) is 0 Å². The van der Waals surface area contributed by atoms with Crippen molar-refractivity contribution in [2.24, 2.45) is 0 Å². The maximum Gasteiger partial charge on any atom is 0.317 e. The van der Waals surface area contributed by atoms with Crippen molar-refractivity contribution < 1.29 is 9.59 Å². The zero-order chi connectivity index (χ0) is 21.0. The molecule has 3 amide bonds. The van der Waals surface area contributed by atoms with Crippen LogP contribution in [0.5, 0.6) is 0 Å². The Labute approximate surface area is 173 Å². The third kappa shape index (κ3) is 4.83. The lowest BCUT2D eigenvalue weighted by molar-refractivity contribution is 0.0934. The summed E-state index contributed by atoms with van der Waals surface area (Å²) < 4.78 is 2.08. The van der Waals surface area contributed by atoms with Crippen LogP contribution >= 0.6 is 0 Å². The number of anilines is 1. The summed E-state index contributed by atoms with van der Waals surface area (Å²) in [6, 6.07) is 8.35. The van der Waals surface area contributed by atoms with Crippen LogP contribution in [0.4, 0.5) is 10.6 Å². The minimum absolute atomic E-state index is 0.0000251. The standard InChI is InChI=1S/C22H33N5O2/c1-5-18(6-2)24-21(28)17-7-8-19-9-10-20(27(19)15-17)25-11-13-26(14-12-25)22(29)23-16(3)4/h7-10,15-16,18H,5-6,11-14H2,1-4H3,(H,23,29)(H,24,28). The second-order valence-corrected chi connectivity index (χ2v) is 7.97. The monoisotopic (exact) mass is 399 g/mol. The van der Waals surface area contributed by atoms with Gasteiger partial charge in [0.05, 0.1) is 5.56 Å². The second kappa shape index (κ2) is 9.20. The Kier molecular flexibility index (Phi) is 6.67. The van der Waals surface area contributed by atoms with Crippen LogP contribution in [0, 0.1) is 0 Å². The van der Waals surface area contributed by atoms with Crippen LogP contribution < -0.4 is 15.5 Å². The van der Waals surface area contributed by atoms with Gasteiger partial charge in [-0.2, -0.15) is 0 Å². The van der Waals surface area contributed by atoms with E-state index in [1.807, 2.05) is 37.1 Å². The molecule has 2 N–H and O–H groups in total. The molecule has 29 heavy (non-hydrogen) atoms. The van der Waals surface area contributed by atoms with E-state index >= 15 is 0 Å². The first-order valence-electron chi connectivity index (χ1n) is 10.6. The van der Waals surface area contributed by atoms with Gasteiger partial charge in [-0.15, -0.1) is 0 Å². The lowest BCUT2D eigenvalue weighted by atomic mass is 10.1. The molecule has 0 bridgehead atoms. The van der Waals surface area contributed by atoms with Crippen molar-refractivity contribution in [3.63, 3.8) is 0 Å². The van der Waals surface area contributed by atoms with Crippen molar-refractivity contribution in [1.29, 1.82) is 0 Å². The van der Waals surface area contributed by atoms with Crippen LogP contribution in [0.3, 0.4) is 0 Å². The Morgan fingerprint density at radius 1 is 0.966 bits per heavy atom. The van der Waals surface area contributed by atoms with Crippen LogP contribution in [-0.2, 0) is 0 Å². The molecule has 7 heteroatoms. The number of rotatable bonds is 6. The van der Waals surface area contributed by atoms with Crippen LogP contribution in [0.1, 0.15) is 50.9 Å². The maximum atomic E-state index is 12.6. The smallest absolute Gasteiger partial charge is 0.317 e. The van der Waals surface area contributed by atoms with Gasteiger partial charge in [0.15, 0.2) is 0 Å². The molecule has 0 saturated carbocycles. The molecule has 0 aliphatic carbocycles. The van der Waals surface area contributed by atoms with E-state index in [1.54, 1.807) is 0 Å². The topological polar surface area (TPSA) is 69.1 Å². The average Bonchev–Trinajstić information content (AvgIpc) is 3.14. The minimum atomic E-state index is -0.0320. The molecule has 0 aromatic carbocycles. The molecule has 2 aromatic heterocycles. The van der Waals surface area contributed by atoms with Gasteiger partial charge in [0, 0.05) is 50.0 Å². The molecule has 1 saturated heterocycles. The highest BCUT2D eigenvalue weighted by molar-refractivity contribution is 5.94. The summed E-state index contributed by atoms with van der Waals surface area (Å²) in [6.45, 7) is 11.0. The van der Waals surface area contributed by atoms with E-state index in [9.17, 15) is 9.59 Å². The molecule has 0 spiro atoms. The molecular formula is C22H33N5O2. The van der Waals surface area contributed by atoms with E-state index in [4.69, 9.17) is 0 Å². The number of nitrogens with one attached hydrogen (secondary N) is 2. The normalized spacial score (nSPS) is 14.7. The van der Waals surface area contributed by atoms with Gasteiger partial charge >= 0.3 is 6.03 Å². The Balaban J connectivity index is 1.72. The largest absolute Gasteiger partial charge is 0.354 e. The van der Waals surface area contributed by atoms with Crippen molar-refractivity contribution in [3.8, 4) is 0 Å². The first-order chi connectivity index (χ1) is 13.9. The molecule has 1 fully saturated rings. The summed E-state index contributed by atoms with van der Waals surface area (Å²) in [4.78, 5) is 29.0. The minimum Gasteiger partial charge on any atom is -0.354 e. The average molecular weight is 400 g/mol. The van der Waals surface area contributed by atoms with E-state index in [0.717, 1.165) is 37.3 Å². The number of hydrogen-bond donors (Lipinski definition) is 2. The summed E-state index contributed by atoms with van der Waals surface area (Å²) >= 11 is 0. The summed E-state index contributed by atoms with van der Waals surface area (Å²) in [7, 11) is 0. The number of carbonyl (C=O) groups excluding carboxylic acids is 2. The Morgan fingerprint density at radius 2 is 1.62 bits per heavy atom. The van der Waals surface area contributed by atoms with Crippen LogP contribution in [-0.4, -0.2) is 59.5 Å². The number of piperazine rings is 1. The highest BCUT2D eigenvalue weighted by Crippen LogP contribution is 2.22. The quantitative estimate of drug-likeness (QED) is 0.784. The zero-order valence-corrected chi connectivity index (χ0v) is 17.9.